The second kappa shape index (κ2) is 7.63. The summed E-state index contributed by atoms with van der Waals surface area (Å²) in [6, 6.07) is 10.9. The summed E-state index contributed by atoms with van der Waals surface area (Å²) in [5.74, 6) is -2.29. The average Bonchev–Trinajstić information content (AvgIpc) is 2.52. The van der Waals surface area contributed by atoms with Crippen LogP contribution in [0.25, 0.3) is 0 Å². The van der Waals surface area contributed by atoms with Crippen molar-refractivity contribution in [1.29, 1.82) is 0 Å². The lowest BCUT2D eigenvalue weighted by molar-refractivity contribution is 0.278. The van der Waals surface area contributed by atoms with E-state index in [-0.39, 0.29) is 6.61 Å². The van der Waals surface area contributed by atoms with Gasteiger partial charge in [-0.25, -0.2) is 21.9 Å². The smallest absolute Gasteiger partial charge is 0.246 e. The summed E-state index contributed by atoms with van der Waals surface area (Å²) in [5, 5.41) is 8.97. The zero-order valence-electron chi connectivity index (χ0n) is 12.2. The molecule has 4 nitrogen and oxygen atoms in total. The Bertz CT molecular complexity index is 731. The first-order chi connectivity index (χ1) is 11.0. The molecule has 2 rings (SSSR count). The van der Waals surface area contributed by atoms with Crippen molar-refractivity contribution in [2.75, 3.05) is 6.61 Å². The Labute approximate surface area is 133 Å². The molecule has 1 unspecified atom stereocenters. The third-order valence-electron chi connectivity index (χ3n) is 3.34. The summed E-state index contributed by atoms with van der Waals surface area (Å²) < 4.78 is 54.6. The number of benzene rings is 2. The Morgan fingerprint density at radius 2 is 1.61 bits per heavy atom. The normalized spacial score (nSPS) is 13.0. The molecular formula is C16H17F2NO3S. The molecule has 0 saturated heterocycles. The molecule has 0 bridgehead atoms. The topological polar surface area (TPSA) is 66.4 Å². The predicted molar refractivity (Wildman–Crippen MR) is 82.2 cm³/mol. The fourth-order valence-electron chi connectivity index (χ4n) is 2.26. The van der Waals surface area contributed by atoms with Crippen LogP contribution in [0.1, 0.15) is 24.4 Å². The van der Waals surface area contributed by atoms with E-state index in [1.54, 1.807) is 30.3 Å². The predicted octanol–water partition coefficient (Wildman–Crippen LogP) is 2.76. The van der Waals surface area contributed by atoms with Crippen LogP contribution < -0.4 is 4.72 Å². The van der Waals surface area contributed by atoms with Crippen LogP contribution in [0.15, 0.2) is 53.4 Å². The Morgan fingerprint density at radius 1 is 1.00 bits per heavy atom. The van der Waals surface area contributed by atoms with Crippen molar-refractivity contribution in [3.05, 3.63) is 65.7 Å². The summed E-state index contributed by atoms with van der Waals surface area (Å²) in [6.45, 7) is -0.112. The Kier molecular flexibility index (Phi) is 5.81. The summed E-state index contributed by atoms with van der Waals surface area (Å²) in [5.41, 5.74) is 0.654. The van der Waals surface area contributed by atoms with Crippen LogP contribution in [0.3, 0.4) is 0 Å². The quantitative estimate of drug-likeness (QED) is 0.814. The van der Waals surface area contributed by atoms with E-state index >= 15 is 0 Å². The van der Waals surface area contributed by atoms with Crippen LogP contribution in [0.5, 0.6) is 0 Å². The van der Waals surface area contributed by atoms with Crippen LogP contribution in [0, 0.1) is 11.6 Å². The molecule has 0 aromatic heterocycles. The van der Waals surface area contributed by atoms with E-state index < -0.39 is 32.6 Å². The van der Waals surface area contributed by atoms with E-state index in [0.717, 1.165) is 18.2 Å². The molecular weight excluding hydrogens is 324 g/mol. The first-order valence-corrected chi connectivity index (χ1v) is 8.56. The minimum Gasteiger partial charge on any atom is -0.396 e. The van der Waals surface area contributed by atoms with E-state index in [0.29, 0.717) is 18.4 Å². The number of hydrogen-bond donors (Lipinski definition) is 2. The number of halogens is 2. The van der Waals surface area contributed by atoms with Gasteiger partial charge in [0.1, 0.15) is 11.6 Å². The van der Waals surface area contributed by atoms with Crippen molar-refractivity contribution in [2.24, 2.45) is 0 Å². The lowest BCUT2D eigenvalue weighted by Gasteiger charge is -2.19. The van der Waals surface area contributed by atoms with Gasteiger partial charge < -0.3 is 5.11 Å². The van der Waals surface area contributed by atoms with E-state index in [1.807, 2.05) is 0 Å². The first-order valence-electron chi connectivity index (χ1n) is 7.08. The molecule has 23 heavy (non-hydrogen) atoms. The van der Waals surface area contributed by atoms with Gasteiger partial charge in [0.15, 0.2) is 4.90 Å². The molecule has 0 fully saturated rings. The minimum absolute atomic E-state index is 0.112. The van der Waals surface area contributed by atoms with Gasteiger partial charge in [-0.05, 0) is 30.5 Å². The number of aliphatic hydroxyl groups excluding tert-OH is 1. The maximum Gasteiger partial charge on any atom is 0.246 e. The number of nitrogens with one attached hydrogen (secondary N) is 1. The lowest BCUT2D eigenvalue weighted by Crippen LogP contribution is -2.30. The maximum atomic E-state index is 13.8. The van der Waals surface area contributed by atoms with Gasteiger partial charge in [-0.1, -0.05) is 36.4 Å². The van der Waals surface area contributed by atoms with Gasteiger partial charge in [0, 0.05) is 12.6 Å². The van der Waals surface area contributed by atoms with E-state index in [1.165, 1.54) is 0 Å². The lowest BCUT2D eigenvalue weighted by atomic mass is 10.0. The summed E-state index contributed by atoms with van der Waals surface area (Å²) in [4.78, 5) is -0.995. The van der Waals surface area contributed by atoms with E-state index in [4.69, 9.17) is 5.11 Å². The molecule has 0 aliphatic carbocycles. The molecule has 0 heterocycles. The molecule has 0 spiro atoms. The number of sulfonamides is 1. The van der Waals surface area contributed by atoms with Crippen molar-refractivity contribution < 1.29 is 22.3 Å². The zero-order valence-corrected chi connectivity index (χ0v) is 13.1. The van der Waals surface area contributed by atoms with Gasteiger partial charge in [0.05, 0.1) is 0 Å². The monoisotopic (exact) mass is 341 g/mol. The molecule has 7 heteroatoms. The van der Waals surface area contributed by atoms with Crippen LogP contribution in [-0.4, -0.2) is 20.1 Å². The fourth-order valence-corrected chi connectivity index (χ4v) is 3.66. The minimum atomic E-state index is -4.38. The molecule has 2 aromatic rings. The highest BCUT2D eigenvalue weighted by Gasteiger charge is 2.27. The van der Waals surface area contributed by atoms with Crippen molar-refractivity contribution in [3.8, 4) is 0 Å². The highest BCUT2D eigenvalue weighted by Crippen LogP contribution is 2.24. The second-order valence-electron chi connectivity index (χ2n) is 5.00. The van der Waals surface area contributed by atoms with Gasteiger partial charge in [0.2, 0.25) is 10.0 Å². The zero-order chi connectivity index (χ0) is 16.9. The SMILES string of the molecule is O=S(=O)(NC(CCCO)c1ccccc1)c1c(F)cccc1F. The largest absolute Gasteiger partial charge is 0.396 e. The Morgan fingerprint density at radius 3 is 2.17 bits per heavy atom. The standard InChI is InChI=1S/C16H17F2NO3S/c17-13-8-4-9-14(18)16(13)23(21,22)19-15(10-5-11-20)12-6-2-1-3-7-12/h1-4,6-9,15,19-20H,5,10-11H2. The average molecular weight is 341 g/mol. The summed E-state index contributed by atoms with van der Waals surface area (Å²) >= 11 is 0. The molecule has 2 aromatic carbocycles. The van der Waals surface area contributed by atoms with Gasteiger partial charge in [0.25, 0.3) is 0 Å². The molecule has 124 valence electrons. The first kappa shape index (κ1) is 17.5. The molecule has 0 aliphatic heterocycles. The van der Waals surface area contributed by atoms with Crippen molar-refractivity contribution in [1.82, 2.24) is 4.72 Å². The summed E-state index contributed by atoms with van der Waals surface area (Å²) in [6.07, 6.45) is 0.650. The highest BCUT2D eigenvalue weighted by molar-refractivity contribution is 7.89. The second-order valence-corrected chi connectivity index (χ2v) is 6.65. The number of hydrogen-bond acceptors (Lipinski definition) is 3. The van der Waals surface area contributed by atoms with Gasteiger partial charge in [-0.3, -0.25) is 0 Å². The van der Waals surface area contributed by atoms with Crippen molar-refractivity contribution in [3.63, 3.8) is 0 Å². The third-order valence-corrected chi connectivity index (χ3v) is 4.86. The van der Waals surface area contributed by atoms with Gasteiger partial charge >= 0.3 is 0 Å². The molecule has 2 N–H and O–H groups in total. The fraction of sp³-hybridized carbons (Fsp3) is 0.250. The van der Waals surface area contributed by atoms with Crippen LogP contribution in [0.4, 0.5) is 8.78 Å². The van der Waals surface area contributed by atoms with Gasteiger partial charge in [-0.2, -0.15) is 0 Å². The summed E-state index contributed by atoms with van der Waals surface area (Å²) in [7, 11) is -4.38. The van der Waals surface area contributed by atoms with Crippen molar-refractivity contribution >= 4 is 10.0 Å². The molecule has 0 amide bonds. The van der Waals surface area contributed by atoms with Gasteiger partial charge in [-0.15, -0.1) is 0 Å². The molecule has 0 radical (unpaired) electrons. The third kappa shape index (κ3) is 4.34. The molecule has 0 aliphatic rings. The van der Waals surface area contributed by atoms with Crippen LogP contribution in [-0.2, 0) is 10.0 Å². The number of rotatable bonds is 7. The molecule has 1 atom stereocenters. The Hall–Kier alpha value is -1.83. The highest BCUT2D eigenvalue weighted by atomic mass is 32.2. The van der Waals surface area contributed by atoms with Crippen molar-refractivity contribution in [2.45, 2.75) is 23.8 Å². The van der Waals surface area contributed by atoms with Crippen LogP contribution >= 0.6 is 0 Å². The number of aliphatic hydroxyl groups is 1. The van der Waals surface area contributed by atoms with E-state index in [9.17, 15) is 17.2 Å². The maximum absolute atomic E-state index is 13.8. The Balaban J connectivity index is 2.35. The van der Waals surface area contributed by atoms with E-state index in [2.05, 4.69) is 4.72 Å². The molecule has 0 saturated carbocycles. The van der Waals surface area contributed by atoms with Crippen LogP contribution in [0.2, 0.25) is 0 Å².